The third kappa shape index (κ3) is 0.636. The van der Waals surface area contributed by atoms with Gasteiger partial charge in [0.05, 0.1) is 0 Å². The van der Waals surface area contributed by atoms with Gasteiger partial charge < -0.3 is 4.90 Å². The Hall–Kier alpha value is 0.0400. The number of fused-ring (bicyclic) bond motifs is 1. The van der Waals surface area contributed by atoms with Crippen LogP contribution in [0, 0.1) is 0 Å². The fraction of sp³-hybridized carbons (Fsp3) is 0.500. The fourth-order valence-corrected chi connectivity index (χ4v) is 3.09. The Balaban J connectivity index is 2.23. The van der Waals surface area contributed by atoms with E-state index in [1.807, 2.05) is 17.2 Å². The molecule has 1 fully saturated rings. The van der Waals surface area contributed by atoms with Crippen molar-refractivity contribution in [2.45, 2.75) is 17.1 Å². The van der Waals surface area contributed by atoms with E-state index in [-0.39, 0.29) is 10.7 Å². The number of hydrogen-bond donors (Lipinski definition) is 0. The van der Waals surface area contributed by atoms with Crippen molar-refractivity contribution < 1.29 is 4.79 Å². The van der Waals surface area contributed by atoms with Crippen molar-refractivity contribution in [2.75, 3.05) is 0 Å². The highest BCUT2D eigenvalue weighted by atomic mass is 79.9. The molecule has 2 nitrogen and oxygen atoms in total. The van der Waals surface area contributed by atoms with Gasteiger partial charge in [-0.15, -0.1) is 11.8 Å². The van der Waals surface area contributed by atoms with Gasteiger partial charge in [0, 0.05) is 5.70 Å². The first-order valence-corrected chi connectivity index (χ1v) is 4.87. The molecule has 0 radical (unpaired) electrons. The minimum atomic E-state index is 0.0474. The van der Waals surface area contributed by atoms with Crippen LogP contribution in [0.15, 0.2) is 11.1 Å². The summed E-state index contributed by atoms with van der Waals surface area (Å²) in [6.45, 7) is 1.96. The molecule has 2 atom stereocenters. The zero-order chi connectivity index (χ0) is 7.30. The lowest BCUT2D eigenvalue weighted by Gasteiger charge is -2.39. The van der Waals surface area contributed by atoms with Gasteiger partial charge in [0.2, 0.25) is 5.91 Å². The summed E-state index contributed by atoms with van der Waals surface area (Å²) >= 11 is 5.02. The second-order valence-corrected chi connectivity index (χ2v) is 4.37. The lowest BCUT2D eigenvalue weighted by molar-refractivity contribution is -0.136. The number of alkyl halides is 1. The van der Waals surface area contributed by atoms with Crippen molar-refractivity contribution >= 4 is 33.6 Å². The smallest absolute Gasteiger partial charge is 0.244 e. The molecule has 2 aliphatic rings. The first kappa shape index (κ1) is 6.73. The Morgan fingerprint density at radius 2 is 2.50 bits per heavy atom. The van der Waals surface area contributed by atoms with Crippen LogP contribution in [0.2, 0.25) is 0 Å². The Morgan fingerprint density at radius 1 is 1.80 bits per heavy atom. The average molecular weight is 220 g/mol. The second-order valence-electron chi connectivity index (χ2n) is 2.40. The van der Waals surface area contributed by atoms with E-state index in [2.05, 4.69) is 15.9 Å². The highest BCUT2D eigenvalue weighted by Gasteiger charge is 2.49. The summed E-state index contributed by atoms with van der Waals surface area (Å²) in [6.07, 6.45) is 0. The van der Waals surface area contributed by atoms with Gasteiger partial charge in [-0.25, -0.2) is 0 Å². The van der Waals surface area contributed by atoms with Crippen LogP contribution in [0.4, 0.5) is 0 Å². The predicted octanol–water partition coefficient (Wildman–Crippen LogP) is 1.53. The minimum Gasteiger partial charge on any atom is -0.300 e. The van der Waals surface area contributed by atoms with E-state index in [4.69, 9.17) is 0 Å². The summed E-state index contributed by atoms with van der Waals surface area (Å²) in [5, 5.41) is 2.37. The third-order valence-corrected chi connectivity index (χ3v) is 4.22. The van der Waals surface area contributed by atoms with Gasteiger partial charge in [-0.05, 0) is 12.3 Å². The number of β-lactam (4-membered cyclic amide) rings is 1. The summed E-state index contributed by atoms with van der Waals surface area (Å²) in [6, 6.07) is 0. The molecule has 54 valence electrons. The topological polar surface area (TPSA) is 20.3 Å². The molecule has 10 heavy (non-hydrogen) atoms. The van der Waals surface area contributed by atoms with Crippen LogP contribution in [0.1, 0.15) is 6.92 Å². The molecule has 0 spiro atoms. The van der Waals surface area contributed by atoms with Crippen LogP contribution in [0.5, 0.6) is 0 Å². The highest BCUT2D eigenvalue weighted by Crippen LogP contribution is 2.43. The van der Waals surface area contributed by atoms with E-state index in [0.717, 1.165) is 5.70 Å². The largest absolute Gasteiger partial charge is 0.300 e. The summed E-state index contributed by atoms with van der Waals surface area (Å²) in [5.74, 6) is 0.198. The van der Waals surface area contributed by atoms with E-state index in [0.29, 0.717) is 5.37 Å². The van der Waals surface area contributed by atoms with E-state index in [1.54, 1.807) is 11.8 Å². The molecular formula is C6H6BrNOS. The Kier molecular flexibility index (Phi) is 1.35. The molecular weight excluding hydrogens is 214 g/mol. The number of amides is 1. The maximum absolute atomic E-state index is 11.1. The molecule has 2 rings (SSSR count). The van der Waals surface area contributed by atoms with Crippen molar-refractivity contribution in [1.82, 2.24) is 4.90 Å². The van der Waals surface area contributed by atoms with Crippen LogP contribution in [-0.4, -0.2) is 21.0 Å². The molecule has 0 bridgehead atoms. The first-order valence-electron chi connectivity index (χ1n) is 3.01. The number of halogens is 1. The second kappa shape index (κ2) is 2.01. The standard InChI is InChI=1S/C6H6BrNOS/c1-3-2-10-6-4(7)5(9)8(3)6/h2,4,6H,1H3. The average Bonchev–Trinajstić information content (AvgIpc) is 2.27. The van der Waals surface area contributed by atoms with Gasteiger partial charge in [0.1, 0.15) is 10.2 Å². The van der Waals surface area contributed by atoms with Gasteiger partial charge >= 0.3 is 0 Å². The number of allylic oxidation sites excluding steroid dienone is 1. The summed E-state index contributed by atoms with van der Waals surface area (Å²) < 4.78 is 0. The molecule has 0 aromatic rings. The maximum Gasteiger partial charge on any atom is 0.244 e. The highest BCUT2D eigenvalue weighted by molar-refractivity contribution is 9.10. The van der Waals surface area contributed by atoms with Gasteiger partial charge in [-0.2, -0.15) is 0 Å². The third-order valence-electron chi connectivity index (χ3n) is 1.74. The first-order chi connectivity index (χ1) is 4.72. The van der Waals surface area contributed by atoms with Crippen molar-refractivity contribution in [3.63, 3.8) is 0 Å². The van der Waals surface area contributed by atoms with Crippen LogP contribution >= 0.6 is 27.7 Å². The van der Waals surface area contributed by atoms with Crippen molar-refractivity contribution in [3.8, 4) is 0 Å². The predicted molar refractivity (Wildman–Crippen MR) is 44.7 cm³/mol. The molecule has 2 heterocycles. The SMILES string of the molecule is CC1=CSC2C(Br)C(=O)N12. The van der Waals surface area contributed by atoms with E-state index < -0.39 is 0 Å². The van der Waals surface area contributed by atoms with Crippen LogP contribution in [-0.2, 0) is 4.79 Å². The molecule has 0 saturated carbocycles. The quantitative estimate of drug-likeness (QED) is 0.455. The van der Waals surface area contributed by atoms with Crippen molar-refractivity contribution in [3.05, 3.63) is 11.1 Å². The Bertz CT molecular complexity index is 228. The fourth-order valence-electron chi connectivity index (χ4n) is 1.16. The van der Waals surface area contributed by atoms with Gasteiger partial charge in [-0.3, -0.25) is 4.79 Å². The normalized spacial score (nSPS) is 37.2. The zero-order valence-electron chi connectivity index (χ0n) is 5.37. The monoisotopic (exact) mass is 219 g/mol. The van der Waals surface area contributed by atoms with E-state index >= 15 is 0 Å². The summed E-state index contributed by atoms with van der Waals surface area (Å²) in [5.41, 5.74) is 1.08. The van der Waals surface area contributed by atoms with Gasteiger partial charge in [0.25, 0.3) is 0 Å². The number of thioether (sulfide) groups is 1. The van der Waals surface area contributed by atoms with Crippen LogP contribution in [0.25, 0.3) is 0 Å². The molecule has 0 N–H and O–H groups in total. The zero-order valence-corrected chi connectivity index (χ0v) is 7.78. The Morgan fingerprint density at radius 3 is 3.10 bits per heavy atom. The Labute approximate surface area is 71.8 Å². The van der Waals surface area contributed by atoms with E-state index in [9.17, 15) is 4.79 Å². The number of hydrogen-bond acceptors (Lipinski definition) is 2. The molecule has 0 aromatic heterocycles. The van der Waals surface area contributed by atoms with Crippen LogP contribution in [0.3, 0.4) is 0 Å². The van der Waals surface area contributed by atoms with Gasteiger partial charge in [0.15, 0.2) is 0 Å². The summed E-state index contributed by atoms with van der Waals surface area (Å²) in [4.78, 5) is 12.9. The molecule has 0 aliphatic carbocycles. The summed E-state index contributed by atoms with van der Waals surface area (Å²) in [7, 11) is 0. The molecule has 0 aromatic carbocycles. The maximum atomic E-state index is 11.1. The molecule has 2 unspecified atom stereocenters. The lowest BCUT2D eigenvalue weighted by atomic mass is 10.2. The van der Waals surface area contributed by atoms with E-state index in [1.165, 1.54) is 0 Å². The minimum absolute atomic E-state index is 0.0474. The van der Waals surface area contributed by atoms with Crippen LogP contribution < -0.4 is 0 Å². The molecule has 1 amide bonds. The van der Waals surface area contributed by atoms with Gasteiger partial charge in [-0.1, -0.05) is 15.9 Å². The van der Waals surface area contributed by atoms with Crippen molar-refractivity contribution in [1.29, 1.82) is 0 Å². The number of nitrogens with zero attached hydrogens (tertiary/aromatic N) is 1. The lowest BCUT2D eigenvalue weighted by Crippen LogP contribution is -2.56. The number of carbonyl (C=O) groups excluding carboxylic acids is 1. The number of rotatable bonds is 0. The van der Waals surface area contributed by atoms with Crippen molar-refractivity contribution in [2.24, 2.45) is 0 Å². The molecule has 1 saturated heterocycles. The molecule has 4 heteroatoms. The number of carbonyl (C=O) groups is 1. The molecule has 2 aliphatic heterocycles.